The highest BCUT2D eigenvalue weighted by atomic mass is 16.1. The maximum atomic E-state index is 11.0. The number of hydrogen-bond acceptors (Lipinski definition) is 3. The molecule has 12 heavy (non-hydrogen) atoms. The van der Waals surface area contributed by atoms with Crippen molar-refractivity contribution < 1.29 is 4.79 Å². The van der Waals surface area contributed by atoms with E-state index in [4.69, 9.17) is 11.5 Å². The molecular weight excluding hydrogens is 152 g/mol. The Hall–Kier alpha value is -1.51. The minimum Gasteiger partial charge on any atom is -0.398 e. The van der Waals surface area contributed by atoms with E-state index in [1.54, 1.807) is 12.1 Å². The standard InChI is InChI=1S/C9H12N2O/c1-5-8(10)3-7(6(2)12)4-9(5)11/h3-4H,10-11H2,1-2H3. The summed E-state index contributed by atoms with van der Waals surface area (Å²) in [7, 11) is 0. The minimum atomic E-state index is -0.0200. The number of carbonyl (C=O) groups is 1. The molecule has 0 spiro atoms. The third-order valence-corrected chi connectivity index (χ3v) is 1.89. The number of benzene rings is 1. The van der Waals surface area contributed by atoms with Gasteiger partial charge in [-0.25, -0.2) is 0 Å². The Morgan fingerprint density at radius 1 is 1.25 bits per heavy atom. The number of rotatable bonds is 1. The Labute approximate surface area is 71.4 Å². The van der Waals surface area contributed by atoms with E-state index in [1.165, 1.54) is 6.92 Å². The lowest BCUT2D eigenvalue weighted by atomic mass is 10.1. The average molecular weight is 164 g/mol. The maximum Gasteiger partial charge on any atom is 0.159 e. The van der Waals surface area contributed by atoms with Crippen LogP contribution in [-0.2, 0) is 0 Å². The second kappa shape index (κ2) is 2.85. The van der Waals surface area contributed by atoms with Gasteiger partial charge in [-0.15, -0.1) is 0 Å². The van der Waals surface area contributed by atoms with E-state index < -0.39 is 0 Å². The van der Waals surface area contributed by atoms with Crippen LogP contribution in [0.3, 0.4) is 0 Å². The third-order valence-electron chi connectivity index (χ3n) is 1.89. The monoisotopic (exact) mass is 164 g/mol. The Bertz CT molecular complexity index is 308. The van der Waals surface area contributed by atoms with Gasteiger partial charge in [0.15, 0.2) is 5.78 Å². The van der Waals surface area contributed by atoms with Crippen LogP contribution < -0.4 is 11.5 Å². The molecule has 0 radical (unpaired) electrons. The number of Topliss-reactive ketones (excluding diaryl/α,β-unsaturated/α-hetero) is 1. The molecule has 1 aromatic rings. The molecular formula is C9H12N2O. The van der Waals surface area contributed by atoms with E-state index in [1.807, 2.05) is 6.92 Å². The molecule has 0 amide bonds. The Kier molecular flexibility index (Phi) is 2.04. The van der Waals surface area contributed by atoms with Gasteiger partial charge in [-0.05, 0) is 31.5 Å². The van der Waals surface area contributed by atoms with Crippen LogP contribution in [0.15, 0.2) is 12.1 Å². The molecule has 3 nitrogen and oxygen atoms in total. The fraction of sp³-hybridized carbons (Fsp3) is 0.222. The van der Waals surface area contributed by atoms with Crippen molar-refractivity contribution in [3.05, 3.63) is 23.3 Å². The fourth-order valence-electron chi connectivity index (χ4n) is 0.963. The fourth-order valence-corrected chi connectivity index (χ4v) is 0.963. The molecule has 0 atom stereocenters. The normalized spacial score (nSPS) is 9.83. The molecule has 0 fully saturated rings. The molecule has 3 heteroatoms. The second-order valence-electron chi connectivity index (χ2n) is 2.84. The first-order valence-corrected chi connectivity index (χ1v) is 3.69. The summed E-state index contributed by atoms with van der Waals surface area (Å²) in [5.41, 5.74) is 13.8. The van der Waals surface area contributed by atoms with Crippen LogP contribution in [0.25, 0.3) is 0 Å². The highest BCUT2D eigenvalue weighted by Gasteiger charge is 2.04. The van der Waals surface area contributed by atoms with E-state index >= 15 is 0 Å². The van der Waals surface area contributed by atoms with Crippen molar-refractivity contribution in [2.24, 2.45) is 0 Å². The quantitative estimate of drug-likeness (QED) is 0.486. The lowest BCUT2D eigenvalue weighted by Crippen LogP contribution is -2.01. The zero-order chi connectivity index (χ0) is 9.30. The third kappa shape index (κ3) is 1.39. The van der Waals surface area contributed by atoms with E-state index in [0.29, 0.717) is 16.9 Å². The SMILES string of the molecule is CC(=O)c1cc(N)c(C)c(N)c1. The Morgan fingerprint density at radius 2 is 1.67 bits per heavy atom. The first-order chi connectivity index (χ1) is 5.52. The molecule has 0 saturated heterocycles. The average Bonchev–Trinajstić information content (AvgIpc) is 1.99. The van der Waals surface area contributed by atoms with Gasteiger partial charge in [-0.3, -0.25) is 4.79 Å². The summed E-state index contributed by atoms with van der Waals surface area (Å²) < 4.78 is 0. The molecule has 1 rings (SSSR count). The number of nitrogen functional groups attached to an aromatic ring is 2. The van der Waals surface area contributed by atoms with Crippen molar-refractivity contribution in [3.63, 3.8) is 0 Å². The van der Waals surface area contributed by atoms with Crippen molar-refractivity contribution in [3.8, 4) is 0 Å². The van der Waals surface area contributed by atoms with Gasteiger partial charge in [0.2, 0.25) is 0 Å². The maximum absolute atomic E-state index is 11.0. The van der Waals surface area contributed by atoms with Crippen LogP contribution in [0.2, 0.25) is 0 Å². The molecule has 0 saturated carbocycles. The van der Waals surface area contributed by atoms with E-state index in [9.17, 15) is 4.79 Å². The van der Waals surface area contributed by atoms with Crippen molar-refractivity contribution in [2.75, 3.05) is 11.5 Å². The summed E-state index contributed by atoms with van der Waals surface area (Å²) >= 11 is 0. The van der Waals surface area contributed by atoms with Crippen LogP contribution in [0, 0.1) is 6.92 Å². The summed E-state index contributed by atoms with van der Waals surface area (Å²) in [6.45, 7) is 3.32. The van der Waals surface area contributed by atoms with Gasteiger partial charge in [0, 0.05) is 16.9 Å². The summed E-state index contributed by atoms with van der Waals surface area (Å²) in [5.74, 6) is -0.0200. The first-order valence-electron chi connectivity index (χ1n) is 3.69. The minimum absolute atomic E-state index is 0.0200. The smallest absolute Gasteiger partial charge is 0.159 e. The lowest BCUT2D eigenvalue weighted by molar-refractivity contribution is 0.101. The van der Waals surface area contributed by atoms with Crippen molar-refractivity contribution in [2.45, 2.75) is 13.8 Å². The molecule has 0 unspecified atom stereocenters. The number of nitrogens with two attached hydrogens (primary N) is 2. The zero-order valence-electron chi connectivity index (χ0n) is 7.22. The van der Waals surface area contributed by atoms with Gasteiger partial charge in [0.1, 0.15) is 0 Å². The van der Waals surface area contributed by atoms with Crippen molar-refractivity contribution >= 4 is 17.2 Å². The molecule has 0 heterocycles. The van der Waals surface area contributed by atoms with E-state index in [-0.39, 0.29) is 5.78 Å². The first kappa shape index (κ1) is 8.59. The van der Waals surface area contributed by atoms with Gasteiger partial charge in [-0.2, -0.15) is 0 Å². The molecule has 0 aliphatic heterocycles. The summed E-state index contributed by atoms with van der Waals surface area (Å²) in [6.07, 6.45) is 0. The lowest BCUT2D eigenvalue weighted by Gasteiger charge is -2.05. The van der Waals surface area contributed by atoms with Gasteiger partial charge < -0.3 is 11.5 Å². The van der Waals surface area contributed by atoms with Crippen LogP contribution in [0.1, 0.15) is 22.8 Å². The predicted octanol–water partition coefficient (Wildman–Crippen LogP) is 1.36. The van der Waals surface area contributed by atoms with Crippen LogP contribution in [-0.4, -0.2) is 5.78 Å². The number of hydrogen-bond donors (Lipinski definition) is 2. The van der Waals surface area contributed by atoms with Gasteiger partial charge in [0.05, 0.1) is 0 Å². The molecule has 64 valence electrons. The van der Waals surface area contributed by atoms with Crippen molar-refractivity contribution in [1.82, 2.24) is 0 Å². The summed E-state index contributed by atoms with van der Waals surface area (Å²) in [5, 5.41) is 0. The Balaban J connectivity index is 3.31. The zero-order valence-corrected chi connectivity index (χ0v) is 7.22. The molecule has 0 bridgehead atoms. The highest BCUT2D eigenvalue weighted by molar-refractivity contribution is 5.96. The molecule has 0 aliphatic rings. The molecule has 1 aromatic carbocycles. The predicted molar refractivity (Wildman–Crippen MR) is 50.0 cm³/mol. The highest BCUT2D eigenvalue weighted by Crippen LogP contribution is 2.20. The number of ketones is 1. The number of carbonyl (C=O) groups excluding carboxylic acids is 1. The van der Waals surface area contributed by atoms with Crippen molar-refractivity contribution in [1.29, 1.82) is 0 Å². The Morgan fingerprint density at radius 3 is 2.00 bits per heavy atom. The van der Waals surface area contributed by atoms with E-state index in [2.05, 4.69) is 0 Å². The topological polar surface area (TPSA) is 69.1 Å². The number of anilines is 2. The van der Waals surface area contributed by atoms with Crippen LogP contribution in [0.5, 0.6) is 0 Å². The molecule has 0 aliphatic carbocycles. The second-order valence-corrected chi connectivity index (χ2v) is 2.84. The molecule has 4 N–H and O–H groups in total. The summed E-state index contributed by atoms with van der Waals surface area (Å²) in [6, 6.07) is 3.29. The summed E-state index contributed by atoms with van der Waals surface area (Å²) in [4.78, 5) is 11.0. The molecule has 0 aromatic heterocycles. The van der Waals surface area contributed by atoms with Crippen LogP contribution in [0.4, 0.5) is 11.4 Å². The van der Waals surface area contributed by atoms with Gasteiger partial charge in [0.25, 0.3) is 0 Å². The van der Waals surface area contributed by atoms with E-state index in [0.717, 1.165) is 5.56 Å². The largest absolute Gasteiger partial charge is 0.398 e. The van der Waals surface area contributed by atoms with Gasteiger partial charge >= 0.3 is 0 Å². The van der Waals surface area contributed by atoms with Gasteiger partial charge in [-0.1, -0.05) is 0 Å². The van der Waals surface area contributed by atoms with Crippen LogP contribution >= 0.6 is 0 Å².